The molecule has 164 valence electrons. The van der Waals surface area contributed by atoms with Gasteiger partial charge in [-0.05, 0) is 73.1 Å². The average molecular weight is 514 g/mol. The zero-order valence-corrected chi connectivity index (χ0v) is 20.0. The largest absolute Gasteiger partial charge is 0.439 e. The first-order chi connectivity index (χ1) is 15.2. The van der Waals surface area contributed by atoms with E-state index in [1.54, 1.807) is 61.8 Å². The molecule has 0 radical (unpaired) electrons. The van der Waals surface area contributed by atoms with Crippen LogP contribution in [-0.2, 0) is 10.0 Å². The molecule has 32 heavy (non-hydrogen) atoms. The van der Waals surface area contributed by atoms with Crippen molar-refractivity contribution in [2.45, 2.75) is 25.7 Å². The van der Waals surface area contributed by atoms with Crippen LogP contribution in [0.3, 0.4) is 0 Å². The van der Waals surface area contributed by atoms with Gasteiger partial charge in [0.15, 0.2) is 0 Å². The number of aromatic nitrogens is 4. The van der Waals surface area contributed by atoms with Gasteiger partial charge in [-0.1, -0.05) is 12.1 Å². The van der Waals surface area contributed by atoms with E-state index < -0.39 is 10.0 Å². The quantitative estimate of drug-likeness (QED) is 0.391. The number of halogens is 1. The number of ether oxygens (including phenoxy) is 1. The number of benzene rings is 2. The lowest BCUT2D eigenvalue weighted by Crippen LogP contribution is -2.13. The number of hydrogen-bond donors (Lipinski definition) is 1. The molecule has 0 spiro atoms. The maximum Gasteiger partial charge on any atom is 0.263 e. The van der Waals surface area contributed by atoms with Gasteiger partial charge in [0.25, 0.3) is 10.0 Å². The lowest BCUT2D eigenvalue weighted by Gasteiger charge is -2.11. The maximum absolute atomic E-state index is 12.6. The minimum absolute atomic E-state index is 0.161. The summed E-state index contributed by atoms with van der Waals surface area (Å²) >= 11 is 3.27. The molecule has 10 heteroatoms. The van der Waals surface area contributed by atoms with Gasteiger partial charge in [0.1, 0.15) is 28.6 Å². The molecule has 2 aromatic carbocycles. The van der Waals surface area contributed by atoms with E-state index in [0.717, 1.165) is 11.4 Å². The van der Waals surface area contributed by atoms with Crippen molar-refractivity contribution < 1.29 is 13.2 Å². The molecule has 0 aliphatic rings. The van der Waals surface area contributed by atoms with Crippen molar-refractivity contribution in [2.75, 3.05) is 4.72 Å². The first kappa shape index (κ1) is 22.0. The summed E-state index contributed by atoms with van der Waals surface area (Å²) < 4.78 is 36.1. The molecule has 2 aromatic heterocycles. The van der Waals surface area contributed by atoms with E-state index >= 15 is 0 Å². The summed E-state index contributed by atoms with van der Waals surface area (Å²) in [7, 11) is -3.73. The number of nitrogens with one attached hydrogen (secondary N) is 1. The summed E-state index contributed by atoms with van der Waals surface area (Å²) in [5.74, 6) is 2.10. The van der Waals surface area contributed by atoms with Crippen LogP contribution < -0.4 is 9.46 Å². The molecule has 4 aromatic rings. The van der Waals surface area contributed by atoms with Gasteiger partial charge in [-0.3, -0.25) is 9.29 Å². The molecule has 2 heterocycles. The Labute approximate surface area is 194 Å². The number of imidazole rings is 1. The van der Waals surface area contributed by atoms with Gasteiger partial charge in [-0.15, -0.1) is 0 Å². The normalized spacial score (nSPS) is 11.4. The minimum Gasteiger partial charge on any atom is -0.439 e. The number of hydrogen-bond acceptors (Lipinski definition) is 6. The van der Waals surface area contributed by atoms with Crippen molar-refractivity contribution in [3.8, 4) is 17.4 Å². The molecule has 0 saturated heterocycles. The molecule has 0 unspecified atom stereocenters. The van der Waals surface area contributed by atoms with Crippen molar-refractivity contribution in [1.29, 1.82) is 0 Å². The zero-order valence-electron chi connectivity index (χ0n) is 17.6. The second kappa shape index (κ2) is 8.71. The summed E-state index contributed by atoms with van der Waals surface area (Å²) in [4.78, 5) is 13.3. The molecule has 0 saturated carbocycles. The van der Waals surface area contributed by atoms with Gasteiger partial charge >= 0.3 is 0 Å². The van der Waals surface area contributed by atoms with E-state index in [-0.39, 0.29) is 4.90 Å². The highest BCUT2D eigenvalue weighted by molar-refractivity contribution is 9.10. The van der Waals surface area contributed by atoms with Crippen molar-refractivity contribution in [1.82, 2.24) is 19.5 Å². The number of sulfonamides is 1. The lowest BCUT2D eigenvalue weighted by atomic mass is 10.3. The lowest BCUT2D eigenvalue weighted by molar-refractivity contribution is 0.459. The molecule has 0 aliphatic heterocycles. The number of aryl methyl sites for hydroxylation is 2. The van der Waals surface area contributed by atoms with E-state index in [2.05, 4.69) is 35.6 Å². The molecule has 0 aliphatic carbocycles. The van der Waals surface area contributed by atoms with Crippen molar-refractivity contribution in [3.05, 3.63) is 82.6 Å². The fourth-order valence-electron chi connectivity index (χ4n) is 3.02. The molecular formula is C22H20BrN5O3S. The van der Waals surface area contributed by atoms with Crippen LogP contribution in [-0.4, -0.2) is 27.9 Å². The van der Waals surface area contributed by atoms with Crippen LogP contribution in [0.15, 0.2) is 70.3 Å². The standard InChI is InChI=1S/C22H20BrN5O3S/c1-14-15(2)28(13-24-14)21-12-22(26-16(3)25-21)31-18-10-8-17(9-11-18)27-32(29,30)20-7-5-4-6-19(20)23/h4-13,27H,1-3H3. The van der Waals surface area contributed by atoms with Crippen LogP contribution >= 0.6 is 15.9 Å². The average Bonchev–Trinajstić information content (AvgIpc) is 3.07. The highest BCUT2D eigenvalue weighted by Crippen LogP contribution is 2.27. The van der Waals surface area contributed by atoms with Crippen LogP contribution in [0.1, 0.15) is 17.2 Å². The van der Waals surface area contributed by atoms with Gasteiger partial charge in [-0.25, -0.2) is 18.4 Å². The Morgan fingerprint density at radius 1 is 1.00 bits per heavy atom. The topological polar surface area (TPSA) is 99.0 Å². The maximum atomic E-state index is 12.6. The Hall–Kier alpha value is -3.24. The number of rotatable bonds is 6. The van der Waals surface area contributed by atoms with Crippen LogP contribution in [0.4, 0.5) is 5.69 Å². The first-order valence-corrected chi connectivity index (χ1v) is 11.9. The Kier molecular flexibility index (Phi) is 5.98. The molecule has 1 N–H and O–H groups in total. The third-order valence-corrected chi connectivity index (χ3v) is 7.15. The summed E-state index contributed by atoms with van der Waals surface area (Å²) in [6, 6.07) is 14.9. The minimum atomic E-state index is -3.73. The second-order valence-corrected chi connectivity index (χ2v) is 9.56. The molecular weight excluding hydrogens is 494 g/mol. The van der Waals surface area contributed by atoms with Crippen molar-refractivity contribution in [3.63, 3.8) is 0 Å². The zero-order chi connectivity index (χ0) is 22.9. The van der Waals surface area contributed by atoms with Crippen LogP contribution in [0.5, 0.6) is 11.6 Å². The van der Waals surface area contributed by atoms with Gasteiger partial charge in [0, 0.05) is 21.9 Å². The third kappa shape index (κ3) is 4.66. The Morgan fingerprint density at radius 3 is 2.38 bits per heavy atom. The SMILES string of the molecule is Cc1nc(Oc2ccc(NS(=O)(=O)c3ccccc3Br)cc2)cc(-n2cnc(C)c2C)n1. The van der Waals surface area contributed by atoms with Crippen LogP contribution in [0, 0.1) is 20.8 Å². The predicted molar refractivity (Wildman–Crippen MR) is 125 cm³/mol. The molecule has 8 nitrogen and oxygen atoms in total. The molecule has 0 atom stereocenters. The second-order valence-electron chi connectivity index (χ2n) is 7.06. The number of anilines is 1. The monoisotopic (exact) mass is 513 g/mol. The predicted octanol–water partition coefficient (Wildman–Crippen LogP) is 4.94. The van der Waals surface area contributed by atoms with Crippen LogP contribution in [0.2, 0.25) is 0 Å². The molecule has 0 fully saturated rings. The van der Waals surface area contributed by atoms with Gasteiger partial charge in [0.2, 0.25) is 5.88 Å². The Balaban J connectivity index is 1.53. The Bertz CT molecular complexity index is 1390. The van der Waals surface area contributed by atoms with Crippen molar-refractivity contribution >= 4 is 31.6 Å². The van der Waals surface area contributed by atoms with Gasteiger partial charge < -0.3 is 4.74 Å². The van der Waals surface area contributed by atoms with Gasteiger partial charge in [-0.2, -0.15) is 4.98 Å². The van der Waals surface area contributed by atoms with Crippen LogP contribution in [0.25, 0.3) is 5.82 Å². The fourth-order valence-corrected chi connectivity index (χ4v) is 5.08. The summed E-state index contributed by atoms with van der Waals surface area (Å²) in [6.45, 7) is 5.69. The fraction of sp³-hybridized carbons (Fsp3) is 0.136. The molecule has 0 bridgehead atoms. The van der Waals surface area contributed by atoms with E-state index in [1.165, 1.54) is 6.07 Å². The third-order valence-electron chi connectivity index (χ3n) is 4.75. The Morgan fingerprint density at radius 2 is 1.72 bits per heavy atom. The highest BCUT2D eigenvalue weighted by atomic mass is 79.9. The first-order valence-electron chi connectivity index (χ1n) is 9.65. The van der Waals surface area contributed by atoms with E-state index in [4.69, 9.17) is 4.74 Å². The number of nitrogens with zero attached hydrogens (tertiary/aromatic N) is 4. The van der Waals surface area contributed by atoms with Crippen molar-refractivity contribution in [2.24, 2.45) is 0 Å². The molecule has 4 rings (SSSR count). The highest BCUT2D eigenvalue weighted by Gasteiger charge is 2.17. The summed E-state index contributed by atoms with van der Waals surface area (Å²) in [5.41, 5.74) is 2.32. The summed E-state index contributed by atoms with van der Waals surface area (Å²) in [6.07, 6.45) is 1.71. The van der Waals surface area contributed by atoms with E-state index in [1.807, 2.05) is 18.4 Å². The molecule has 0 amide bonds. The van der Waals surface area contributed by atoms with E-state index in [9.17, 15) is 8.42 Å². The smallest absolute Gasteiger partial charge is 0.263 e. The summed E-state index contributed by atoms with van der Waals surface area (Å²) in [5, 5.41) is 0. The van der Waals surface area contributed by atoms with Gasteiger partial charge in [0.05, 0.1) is 5.69 Å². The van der Waals surface area contributed by atoms with E-state index in [0.29, 0.717) is 33.4 Å².